The Balaban J connectivity index is 1.66. The van der Waals surface area contributed by atoms with Crippen LogP contribution in [0.5, 0.6) is 0 Å². The predicted octanol–water partition coefficient (Wildman–Crippen LogP) is 3.50. The van der Waals surface area contributed by atoms with Crippen LogP contribution in [-0.2, 0) is 12.7 Å². The van der Waals surface area contributed by atoms with Gasteiger partial charge in [0.2, 0.25) is 0 Å². The molecule has 3 rings (SSSR count). The molecule has 2 aromatic heterocycles. The third-order valence-corrected chi connectivity index (χ3v) is 4.63. The van der Waals surface area contributed by atoms with Gasteiger partial charge in [-0.2, -0.15) is 18.3 Å². The molecular weight excluding hydrogens is 313 g/mol. The number of rotatable bonds is 3. The molecule has 0 amide bonds. The Kier molecular flexibility index (Phi) is 4.22. The zero-order valence-corrected chi connectivity index (χ0v) is 13.0. The monoisotopic (exact) mass is 330 g/mol. The first-order valence-electron chi connectivity index (χ1n) is 7.17. The summed E-state index contributed by atoms with van der Waals surface area (Å²) in [5.41, 5.74) is 0.208. The van der Waals surface area contributed by atoms with Crippen LogP contribution in [0, 0.1) is 6.92 Å². The summed E-state index contributed by atoms with van der Waals surface area (Å²) in [6.45, 7) is 4.36. The zero-order chi connectivity index (χ0) is 15.7. The van der Waals surface area contributed by atoms with Crippen molar-refractivity contribution < 1.29 is 13.2 Å². The summed E-state index contributed by atoms with van der Waals surface area (Å²) in [5.74, 6) is 0. The van der Waals surface area contributed by atoms with Gasteiger partial charge in [0.15, 0.2) is 5.69 Å². The Hall–Kier alpha value is -1.41. The molecule has 0 unspecified atom stereocenters. The van der Waals surface area contributed by atoms with Gasteiger partial charge in [-0.1, -0.05) is 0 Å². The molecular formula is C14H17F3N4S. The van der Waals surface area contributed by atoms with E-state index in [0.717, 1.165) is 42.7 Å². The number of aromatic nitrogens is 3. The molecule has 22 heavy (non-hydrogen) atoms. The van der Waals surface area contributed by atoms with E-state index in [1.165, 1.54) is 10.9 Å². The molecule has 0 bridgehead atoms. The minimum Gasteiger partial charge on any atom is -0.295 e. The van der Waals surface area contributed by atoms with Gasteiger partial charge in [0, 0.05) is 24.7 Å². The van der Waals surface area contributed by atoms with Crippen molar-refractivity contribution in [2.75, 3.05) is 13.1 Å². The van der Waals surface area contributed by atoms with Gasteiger partial charge in [-0.25, -0.2) is 4.98 Å². The van der Waals surface area contributed by atoms with Crippen LogP contribution in [0.4, 0.5) is 13.2 Å². The Bertz CT molecular complexity index is 634. The van der Waals surface area contributed by atoms with E-state index in [9.17, 15) is 13.2 Å². The Morgan fingerprint density at radius 3 is 2.86 bits per heavy atom. The first kappa shape index (κ1) is 15.5. The molecule has 0 aromatic carbocycles. The van der Waals surface area contributed by atoms with Crippen LogP contribution in [0.1, 0.15) is 35.3 Å². The number of thiazole rings is 1. The Labute approximate surface area is 130 Å². The standard InChI is InChI=1S/C14H17F3N4S/c1-10-18-11(9-22-10)7-20-5-2-3-12(8-20)21-6-4-13(19-21)14(15,16)17/h4,6,9,12H,2-3,5,7-8H2,1H3/t12-/m1/s1. The van der Waals surface area contributed by atoms with Gasteiger partial charge < -0.3 is 0 Å². The summed E-state index contributed by atoms with van der Waals surface area (Å²) in [4.78, 5) is 6.68. The Morgan fingerprint density at radius 2 is 2.23 bits per heavy atom. The van der Waals surface area contributed by atoms with Crippen LogP contribution in [0.3, 0.4) is 0 Å². The second kappa shape index (κ2) is 6.00. The second-order valence-electron chi connectivity index (χ2n) is 5.57. The molecule has 3 heterocycles. The maximum absolute atomic E-state index is 12.6. The average Bonchev–Trinajstić information content (AvgIpc) is 3.08. The molecule has 1 aliphatic heterocycles. The van der Waals surface area contributed by atoms with Crippen molar-refractivity contribution in [2.24, 2.45) is 0 Å². The van der Waals surface area contributed by atoms with Gasteiger partial charge in [0.1, 0.15) is 0 Å². The predicted molar refractivity (Wildman–Crippen MR) is 77.6 cm³/mol. The molecule has 1 fully saturated rings. The summed E-state index contributed by atoms with van der Waals surface area (Å²) in [6.07, 6.45) is -1.14. The lowest BCUT2D eigenvalue weighted by Crippen LogP contribution is -2.36. The van der Waals surface area contributed by atoms with E-state index in [1.54, 1.807) is 11.3 Å². The molecule has 0 N–H and O–H groups in total. The fourth-order valence-corrected chi connectivity index (χ4v) is 3.40. The van der Waals surface area contributed by atoms with E-state index in [4.69, 9.17) is 0 Å². The molecule has 0 saturated carbocycles. The highest BCUT2D eigenvalue weighted by atomic mass is 32.1. The summed E-state index contributed by atoms with van der Waals surface area (Å²) in [7, 11) is 0. The van der Waals surface area contributed by atoms with Crippen molar-refractivity contribution >= 4 is 11.3 Å². The number of likely N-dealkylation sites (tertiary alicyclic amines) is 1. The van der Waals surface area contributed by atoms with E-state index in [0.29, 0.717) is 6.54 Å². The zero-order valence-electron chi connectivity index (χ0n) is 12.2. The van der Waals surface area contributed by atoms with E-state index in [-0.39, 0.29) is 6.04 Å². The summed E-state index contributed by atoms with van der Waals surface area (Å²) in [5, 5.41) is 6.77. The first-order valence-corrected chi connectivity index (χ1v) is 8.05. The van der Waals surface area contributed by atoms with Crippen molar-refractivity contribution in [3.8, 4) is 0 Å². The lowest BCUT2D eigenvalue weighted by molar-refractivity contribution is -0.141. The normalized spacial score (nSPS) is 20.5. The lowest BCUT2D eigenvalue weighted by Gasteiger charge is -2.32. The van der Waals surface area contributed by atoms with Gasteiger partial charge in [-0.3, -0.25) is 9.58 Å². The van der Waals surface area contributed by atoms with Gasteiger partial charge in [-0.15, -0.1) is 11.3 Å². The summed E-state index contributed by atoms with van der Waals surface area (Å²) in [6, 6.07) is 1.03. The van der Waals surface area contributed by atoms with Crippen molar-refractivity contribution in [2.45, 2.75) is 38.5 Å². The average molecular weight is 330 g/mol. The summed E-state index contributed by atoms with van der Waals surface area (Å²) >= 11 is 1.62. The smallest absolute Gasteiger partial charge is 0.295 e. The topological polar surface area (TPSA) is 34.0 Å². The number of aryl methyl sites for hydroxylation is 1. The van der Waals surface area contributed by atoms with Crippen molar-refractivity contribution in [1.29, 1.82) is 0 Å². The minimum absolute atomic E-state index is 0.00965. The van der Waals surface area contributed by atoms with Gasteiger partial charge >= 0.3 is 6.18 Å². The third-order valence-electron chi connectivity index (χ3n) is 3.81. The van der Waals surface area contributed by atoms with Gasteiger partial charge in [0.05, 0.1) is 16.7 Å². The fraction of sp³-hybridized carbons (Fsp3) is 0.571. The molecule has 8 heteroatoms. The van der Waals surface area contributed by atoms with E-state index >= 15 is 0 Å². The molecule has 0 spiro atoms. The summed E-state index contributed by atoms with van der Waals surface area (Å²) < 4.78 is 39.4. The molecule has 0 radical (unpaired) electrons. The molecule has 1 atom stereocenters. The SMILES string of the molecule is Cc1nc(CN2CCC[C@@H](n3ccc(C(F)(F)F)n3)C2)cs1. The number of hydrogen-bond acceptors (Lipinski definition) is 4. The van der Waals surface area contributed by atoms with Crippen LogP contribution in [-0.4, -0.2) is 32.8 Å². The lowest BCUT2D eigenvalue weighted by atomic mass is 10.1. The van der Waals surface area contributed by atoms with Crippen LogP contribution in [0.2, 0.25) is 0 Å². The fourth-order valence-electron chi connectivity index (χ4n) is 2.79. The van der Waals surface area contributed by atoms with Crippen molar-refractivity contribution in [3.63, 3.8) is 0 Å². The van der Waals surface area contributed by atoms with Crippen LogP contribution < -0.4 is 0 Å². The first-order chi connectivity index (χ1) is 10.4. The number of piperidine rings is 1. The Morgan fingerprint density at radius 1 is 1.41 bits per heavy atom. The third kappa shape index (κ3) is 3.49. The number of hydrogen-bond donors (Lipinski definition) is 0. The number of nitrogens with zero attached hydrogens (tertiary/aromatic N) is 4. The van der Waals surface area contributed by atoms with Crippen LogP contribution in [0.25, 0.3) is 0 Å². The van der Waals surface area contributed by atoms with Gasteiger partial charge in [0.25, 0.3) is 0 Å². The molecule has 1 saturated heterocycles. The molecule has 120 valence electrons. The highest BCUT2D eigenvalue weighted by Crippen LogP contribution is 2.29. The molecule has 0 aliphatic carbocycles. The minimum atomic E-state index is -4.38. The van der Waals surface area contributed by atoms with Crippen LogP contribution in [0.15, 0.2) is 17.6 Å². The van der Waals surface area contributed by atoms with Crippen LogP contribution >= 0.6 is 11.3 Å². The second-order valence-corrected chi connectivity index (χ2v) is 6.63. The highest BCUT2D eigenvalue weighted by Gasteiger charge is 2.34. The molecule has 1 aliphatic rings. The number of halogens is 3. The molecule has 4 nitrogen and oxygen atoms in total. The van der Waals surface area contributed by atoms with Crippen molar-refractivity contribution in [1.82, 2.24) is 19.7 Å². The van der Waals surface area contributed by atoms with E-state index in [1.807, 2.05) is 12.3 Å². The van der Waals surface area contributed by atoms with Gasteiger partial charge in [-0.05, 0) is 32.4 Å². The molecule has 2 aromatic rings. The number of alkyl halides is 3. The maximum atomic E-state index is 12.6. The van der Waals surface area contributed by atoms with Crippen molar-refractivity contribution in [3.05, 3.63) is 34.0 Å². The quantitative estimate of drug-likeness (QED) is 0.864. The van der Waals surface area contributed by atoms with E-state index < -0.39 is 11.9 Å². The maximum Gasteiger partial charge on any atom is 0.435 e. The van der Waals surface area contributed by atoms with E-state index in [2.05, 4.69) is 15.0 Å². The largest absolute Gasteiger partial charge is 0.435 e. The highest BCUT2D eigenvalue weighted by molar-refractivity contribution is 7.09.